The summed E-state index contributed by atoms with van der Waals surface area (Å²) in [4.78, 5) is 11.6. The van der Waals surface area contributed by atoms with Gasteiger partial charge in [-0.2, -0.15) is 0 Å². The maximum Gasteiger partial charge on any atom is 0.319 e. The third-order valence-electron chi connectivity index (χ3n) is 2.95. The zero-order chi connectivity index (χ0) is 13.9. The predicted molar refractivity (Wildman–Crippen MR) is 80.4 cm³/mol. The SMILES string of the molecule is CCCCc1ccc(NC(=O)NCCCCN)cc1. The second-order valence-corrected chi connectivity index (χ2v) is 4.68. The highest BCUT2D eigenvalue weighted by molar-refractivity contribution is 5.89. The van der Waals surface area contributed by atoms with E-state index < -0.39 is 0 Å². The van der Waals surface area contributed by atoms with Gasteiger partial charge in [-0.3, -0.25) is 0 Å². The first-order valence-corrected chi connectivity index (χ1v) is 7.10. The molecular weight excluding hydrogens is 238 g/mol. The van der Waals surface area contributed by atoms with Crippen LogP contribution in [0.25, 0.3) is 0 Å². The van der Waals surface area contributed by atoms with E-state index in [2.05, 4.69) is 29.7 Å². The molecule has 0 aliphatic rings. The van der Waals surface area contributed by atoms with Crippen molar-refractivity contribution in [3.8, 4) is 0 Å². The molecule has 4 heteroatoms. The van der Waals surface area contributed by atoms with Crippen LogP contribution in [0.1, 0.15) is 38.2 Å². The lowest BCUT2D eigenvalue weighted by Crippen LogP contribution is -2.29. The number of benzene rings is 1. The van der Waals surface area contributed by atoms with Gasteiger partial charge in [-0.15, -0.1) is 0 Å². The zero-order valence-corrected chi connectivity index (χ0v) is 11.7. The third kappa shape index (κ3) is 6.82. The van der Waals surface area contributed by atoms with Gasteiger partial charge in [-0.25, -0.2) is 4.79 Å². The number of nitrogens with two attached hydrogens (primary N) is 1. The molecule has 19 heavy (non-hydrogen) atoms. The summed E-state index contributed by atoms with van der Waals surface area (Å²) in [5.74, 6) is 0. The van der Waals surface area contributed by atoms with Gasteiger partial charge in [-0.1, -0.05) is 25.5 Å². The number of hydrogen-bond acceptors (Lipinski definition) is 2. The van der Waals surface area contributed by atoms with Gasteiger partial charge in [0.1, 0.15) is 0 Å². The van der Waals surface area contributed by atoms with Gasteiger partial charge in [0.15, 0.2) is 0 Å². The average molecular weight is 263 g/mol. The Bertz CT molecular complexity index is 362. The van der Waals surface area contributed by atoms with E-state index in [0.29, 0.717) is 13.1 Å². The number of urea groups is 1. The van der Waals surface area contributed by atoms with Crippen molar-refractivity contribution in [1.29, 1.82) is 0 Å². The van der Waals surface area contributed by atoms with Crippen LogP contribution >= 0.6 is 0 Å². The standard InChI is InChI=1S/C15H25N3O/c1-2-3-6-13-7-9-14(10-8-13)18-15(19)17-12-5-4-11-16/h7-10H,2-6,11-12,16H2,1H3,(H2,17,18,19). The first-order valence-electron chi connectivity index (χ1n) is 7.10. The molecule has 0 heterocycles. The predicted octanol–water partition coefficient (Wildman–Crippen LogP) is 2.89. The molecule has 106 valence electrons. The molecule has 1 rings (SSSR count). The Labute approximate surface area is 115 Å². The Hall–Kier alpha value is -1.55. The van der Waals surface area contributed by atoms with Gasteiger partial charge < -0.3 is 16.4 Å². The molecule has 0 aliphatic heterocycles. The van der Waals surface area contributed by atoms with E-state index >= 15 is 0 Å². The van der Waals surface area contributed by atoms with Crippen LogP contribution in [0.3, 0.4) is 0 Å². The largest absolute Gasteiger partial charge is 0.338 e. The van der Waals surface area contributed by atoms with E-state index in [4.69, 9.17) is 5.73 Å². The van der Waals surface area contributed by atoms with Crippen LogP contribution in [-0.2, 0) is 6.42 Å². The Morgan fingerprint density at radius 2 is 1.89 bits per heavy atom. The first kappa shape index (κ1) is 15.5. The van der Waals surface area contributed by atoms with E-state index in [-0.39, 0.29) is 6.03 Å². The van der Waals surface area contributed by atoms with Crippen LogP contribution in [0, 0.1) is 0 Å². The molecule has 1 aromatic carbocycles. The Kier molecular flexibility index (Phi) is 7.66. The minimum absolute atomic E-state index is 0.154. The minimum Gasteiger partial charge on any atom is -0.338 e. The number of aryl methyl sites for hydroxylation is 1. The van der Waals surface area contributed by atoms with E-state index in [1.165, 1.54) is 18.4 Å². The molecule has 0 unspecified atom stereocenters. The summed E-state index contributed by atoms with van der Waals surface area (Å²) in [6.45, 7) is 3.52. The summed E-state index contributed by atoms with van der Waals surface area (Å²) < 4.78 is 0. The van der Waals surface area contributed by atoms with Crippen molar-refractivity contribution in [1.82, 2.24) is 5.32 Å². The molecule has 0 fully saturated rings. The van der Waals surface area contributed by atoms with Crippen LogP contribution in [0.2, 0.25) is 0 Å². The van der Waals surface area contributed by atoms with Crippen molar-refractivity contribution in [2.75, 3.05) is 18.4 Å². The molecule has 0 aliphatic carbocycles. The summed E-state index contributed by atoms with van der Waals surface area (Å²) in [6, 6.07) is 7.88. The molecule has 0 bridgehead atoms. The van der Waals surface area contributed by atoms with Crippen molar-refractivity contribution in [2.24, 2.45) is 5.73 Å². The van der Waals surface area contributed by atoms with Crippen LogP contribution in [0.15, 0.2) is 24.3 Å². The molecule has 0 radical (unpaired) electrons. The lowest BCUT2D eigenvalue weighted by Gasteiger charge is -2.08. The maximum atomic E-state index is 11.6. The number of rotatable bonds is 8. The van der Waals surface area contributed by atoms with E-state index in [1.807, 2.05) is 12.1 Å². The number of hydrogen-bond donors (Lipinski definition) is 3. The third-order valence-corrected chi connectivity index (χ3v) is 2.95. The number of anilines is 1. The molecule has 4 nitrogen and oxygen atoms in total. The summed E-state index contributed by atoms with van der Waals surface area (Å²) in [6.07, 6.45) is 5.36. The summed E-state index contributed by atoms with van der Waals surface area (Å²) in [7, 11) is 0. The van der Waals surface area contributed by atoms with Crippen molar-refractivity contribution in [3.05, 3.63) is 29.8 Å². The Balaban J connectivity index is 2.29. The molecule has 0 spiro atoms. The average Bonchev–Trinajstić information content (AvgIpc) is 2.43. The smallest absolute Gasteiger partial charge is 0.319 e. The molecule has 0 atom stereocenters. The fourth-order valence-corrected chi connectivity index (χ4v) is 1.78. The van der Waals surface area contributed by atoms with Crippen molar-refractivity contribution < 1.29 is 4.79 Å². The molecule has 0 aromatic heterocycles. The first-order chi connectivity index (χ1) is 9.26. The summed E-state index contributed by atoms with van der Waals surface area (Å²) in [5.41, 5.74) is 7.54. The van der Waals surface area contributed by atoms with E-state index in [9.17, 15) is 4.79 Å². The van der Waals surface area contributed by atoms with Gasteiger partial charge >= 0.3 is 6.03 Å². The van der Waals surface area contributed by atoms with Crippen molar-refractivity contribution in [3.63, 3.8) is 0 Å². The lowest BCUT2D eigenvalue weighted by atomic mass is 10.1. The van der Waals surface area contributed by atoms with Crippen molar-refractivity contribution >= 4 is 11.7 Å². The summed E-state index contributed by atoms with van der Waals surface area (Å²) >= 11 is 0. The van der Waals surface area contributed by atoms with Gasteiger partial charge in [0, 0.05) is 12.2 Å². The fraction of sp³-hybridized carbons (Fsp3) is 0.533. The number of unbranched alkanes of at least 4 members (excludes halogenated alkanes) is 2. The second-order valence-electron chi connectivity index (χ2n) is 4.68. The molecule has 2 amide bonds. The van der Waals surface area contributed by atoms with Crippen LogP contribution in [0.5, 0.6) is 0 Å². The highest BCUT2D eigenvalue weighted by Gasteiger charge is 2.00. The number of amides is 2. The monoisotopic (exact) mass is 263 g/mol. The van der Waals surface area contributed by atoms with Gasteiger partial charge in [0.25, 0.3) is 0 Å². The van der Waals surface area contributed by atoms with Gasteiger partial charge in [0.2, 0.25) is 0 Å². The Morgan fingerprint density at radius 3 is 2.53 bits per heavy atom. The van der Waals surface area contributed by atoms with Gasteiger partial charge in [0.05, 0.1) is 0 Å². The molecule has 4 N–H and O–H groups in total. The van der Waals surface area contributed by atoms with E-state index in [0.717, 1.165) is 24.9 Å². The van der Waals surface area contributed by atoms with Crippen LogP contribution < -0.4 is 16.4 Å². The second kappa shape index (κ2) is 9.39. The maximum absolute atomic E-state index is 11.6. The number of nitrogens with one attached hydrogen (secondary N) is 2. The quantitative estimate of drug-likeness (QED) is 0.631. The molecule has 1 aromatic rings. The fourth-order valence-electron chi connectivity index (χ4n) is 1.78. The summed E-state index contributed by atoms with van der Waals surface area (Å²) in [5, 5.41) is 5.63. The lowest BCUT2D eigenvalue weighted by molar-refractivity contribution is 0.252. The normalized spacial score (nSPS) is 10.2. The minimum atomic E-state index is -0.154. The van der Waals surface area contributed by atoms with Gasteiger partial charge in [-0.05, 0) is 49.9 Å². The molecular formula is C15H25N3O. The number of carbonyl (C=O) groups excluding carboxylic acids is 1. The Morgan fingerprint density at radius 1 is 1.16 bits per heavy atom. The highest BCUT2D eigenvalue weighted by atomic mass is 16.2. The van der Waals surface area contributed by atoms with E-state index in [1.54, 1.807) is 0 Å². The van der Waals surface area contributed by atoms with Crippen LogP contribution in [-0.4, -0.2) is 19.1 Å². The topological polar surface area (TPSA) is 67.2 Å². The van der Waals surface area contributed by atoms with Crippen molar-refractivity contribution in [2.45, 2.75) is 39.0 Å². The number of carbonyl (C=O) groups is 1. The molecule has 0 saturated carbocycles. The molecule has 0 saturated heterocycles. The zero-order valence-electron chi connectivity index (χ0n) is 11.7. The highest BCUT2D eigenvalue weighted by Crippen LogP contribution is 2.11. The van der Waals surface area contributed by atoms with Crippen LogP contribution in [0.4, 0.5) is 10.5 Å².